The van der Waals surface area contributed by atoms with Crippen molar-refractivity contribution in [1.82, 2.24) is 20.1 Å². The molecule has 0 bridgehead atoms. The van der Waals surface area contributed by atoms with Gasteiger partial charge in [0.1, 0.15) is 6.61 Å². The molecule has 1 saturated heterocycles. The molecule has 1 aromatic heterocycles. The molecular formula is C28H35N5O2. The third kappa shape index (κ3) is 4.82. The number of hydrogen-bond acceptors (Lipinski definition) is 5. The number of carbonyl (C=O) groups excluding carboxylic acids is 1. The fourth-order valence-corrected chi connectivity index (χ4v) is 5.39. The topological polar surface area (TPSA) is 97.1 Å². The van der Waals surface area contributed by atoms with Crippen molar-refractivity contribution >= 4 is 11.6 Å². The minimum atomic E-state index is 0.121. The summed E-state index contributed by atoms with van der Waals surface area (Å²) in [5.74, 6) is 2.52. The van der Waals surface area contributed by atoms with Crippen LogP contribution in [0.1, 0.15) is 83.7 Å². The van der Waals surface area contributed by atoms with Crippen LogP contribution in [-0.2, 0) is 17.8 Å². The maximum Gasteiger partial charge on any atom is 0.254 e. The highest BCUT2D eigenvalue weighted by atomic mass is 16.5. The Kier molecular flexibility index (Phi) is 6.86. The van der Waals surface area contributed by atoms with Crippen LogP contribution in [0.2, 0.25) is 0 Å². The van der Waals surface area contributed by atoms with Crippen molar-refractivity contribution < 1.29 is 9.53 Å². The molecule has 0 atom stereocenters. The van der Waals surface area contributed by atoms with E-state index in [1.54, 1.807) is 7.11 Å². The summed E-state index contributed by atoms with van der Waals surface area (Å²) in [7, 11) is 1.64. The number of carbonyl (C=O) groups is 1. The molecule has 2 aromatic carbocycles. The highest BCUT2D eigenvalue weighted by Gasteiger charge is 2.29. The maximum atomic E-state index is 13.8. The number of methoxy groups -OCH3 is 1. The highest BCUT2D eigenvalue weighted by Crippen LogP contribution is 2.42. The number of aryl methyl sites for hydroxylation is 1. The van der Waals surface area contributed by atoms with E-state index in [-0.39, 0.29) is 5.91 Å². The molecule has 3 N–H and O–H groups in total. The SMILES string of the molecule is CCc1cc(C2CCC2)c(-c2nnc(COC)[nH]2)cc1C(=O)N1CCC(c2ccc(N)cc2)CC1. The van der Waals surface area contributed by atoms with Crippen molar-refractivity contribution in [3.63, 3.8) is 0 Å². The molecule has 7 nitrogen and oxygen atoms in total. The normalized spacial score (nSPS) is 16.9. The number of piperidine rings is 1. The fraction of sp³-hybridized carbons (Fsp3) is 0.464. The van der Waals surface area contributed by atoms with Gasteiger partial charge in [0.25, 0.3) is 5.91 Å². The number of aromatic amines is 1. The predicted molar refractivity (Wildman–Crippen MR) is 137 cm³/mol. The van der Waals surface area contributed by atoms with Gasteiger partial charge >= 0.3 is 0 Å². The van der Waals surface area contributed by atoms with E-state index < -0.39 is 0 Å². The van der Waals surface area contributed by atoms with Crippen LogP contribution in [0.5, 0.6) is 0 Å². The molecule has 2 fully saturated rings. The summed E-state index contributed by atoms with van der Waals surface area (Å²) in [6.45, 7) is 4.04. The lowest BCUT2D eigenvalue weighted by Crippen LogP contribution is -2.38. The second kappa shape index (κ2) is 10.2. The first-order chi connectivity index (χ1) is 17.1. The Morgan fingerprint density at radius 2 is 1.83 bits per heavy atom. The number of H-pyrrole nitrogens is 1. The van der Waals surface area contributed by atoms with Gasteiger partial charge in [0, 0.05) is 37.0 Å². The van der Waals surface area contributed by atoms with Crippen LogP contribution < -0.4 is 5.73 Å². The van der Waals surface area contributed by atoms with E-state index in [0.29, 0.717) is 24.3 Å². The summed E-state index contributed by atoms with van der Waals surface area (Å²) in [4.78, 5) is 19.1. The number of likely N-dealkylation sites (tertiary alicyclic amines) is 1. The predicted octanol–water partition coefficient (Wildman–Crippen LogP) is 5.05. The van der Waals surface area contributed by atoms with Crippen LogP contribution in [0.3, 0.4) is 0 Å². The zero-order valence-corrected chi connectivity index (χ0v) is 20.7. The van der Waals surface area contributed by atoms with Crippen LogP contribution >= 0.6 is 0 Å². The number of nitrogens with two attached hydrogens (primary N) is 1. The summed E-state index contributed by atoms with van der Waals surface area (Å²) in [6, 6.07) is 12.5. The summed E-state index contributed by atoms with van der Waals surface area (Å²) >= 11 is 0. The Balaban J connectivity index is 1.41. The Morgan fingerprint density at radius 1 is 1.09 bits per heavy atom. The molecule has 5 rings (SSSR count). The molecule has 184 valence electrons. The van der Waals surface area contributed by atoms with Gasteiger partial charge in [0.15, 0.2) is 11.6 Å². The average molecular weight is 474 g/mol. The lowest BCUT2D eigenvalue weighted by molar-refractivity contribution is 0.0712. The molecule has 0 unspecified atom stereocenters. The molecule has 2 heterocycles. The van der Waals surface area contributed by atoms with Gasteiger partial charge in [-0.2, -0.15) is 0 Å². The largest absolute Gasteiger partial charge is 0.399 e. The highest BCUT2D eigenvalue weighted by molar-refractivity contribution is 5.97. The number of nitrogen functional groups attached to an aromatic ring is 1. The van der Waals surface area contributed by atoms with Gasteiger partial charge < -0.3 is 20.4 Å². The van der Waals surface area contributed by atoms with Crippen LogP contribution in [0.25, 0.3) is 11.4 Å². The second-order valence-electron chi connectivity index (χ2n) is 9.86. The summed E-state index contributed by atoms with van der Waals surface area (Å²) in [5.41, 5.74) is 12.2. The first-order valence-corrected chi connectivity index (χ1v) is 12.8. The van der Waals surface area contributed by atoms with Crippen LogP contribution in [-0.4, -0.2) is 46.2 Å². The molecule has 7 heteroatoms. The second-order valence-corrected chi connectivity index (χ2v) is 9.86. The molecule has 1 amide bonds. The van der Waals surface area contributed by atoms with Crippen molar-refractivity contribution in [2.45, 2.75) is 63.9 Å². The number of amides is 1. The van der Waals surface area contributed by atoms with Crippen molar-refractivity contribution in [2.24, 2.45) is 0 Å². The summed E-state index contributed by atoms with van der Waals surface area (Å²) < 4.78 is 5.21. The first kappa shape index (κ1) is 23.5. The van der Waals surface area contributed by atoms with E-state index >= 15 is 0 Å². The quantitative estimate of drug-likeness (QED) is 0.468. The molecule has 1 aliphatic carbocycles. The molecule has 0 spiro atoms. The number of ether oxygens (including phenoxy) is 1. The number of nitrogens with one attached hydrogen (secondary N) is 1. The lowest BCUT2D eigenvalue weighted by Gasteiger charge is -2.33. The van der Waals surface area contributed by atoms with E-state index in [1.165, 1.54) is 30.4 Å². The van der Waals surface area contributed by atoms with E-state index in [4.69, 9.17) is 10.5 Å². The minimum Gasteiger partial charge on any atom is -0.399 e. The molecule has 2 aliphatic rings. The van der Waals surface area contributed by atoms with Crippen molar-refractivity contribution in [2.75, 3.05) is 25.9 Å². The Bertz CT molecular complexity index is 1170. The standard InChI is InChI=1S/C28H35N5O2/c1-3-18-15-23(21-5-4-6-21)25(27-30-26(17-35-2)31-32-27)16-24(18)28(34)33-13-11-20(12-14-33)19-7-9-22(29)10-8-19/h7-10,15-16,20-21H,3-6,11-14,17,29H2,1-2H3,(H,30,31,32). The van der Waals surface area contributed by atoms with Gasteiger partial charge in [0.2, 0.25) is 0 Å². The molecular weight excluding hydrogens is 438 g/mol. The lowest BCUT2D eigenvalue weighted by atomic mass is 9.76. The van der Waals surface area contributed by atoms with Gasteiger partial charge in [-0.1, -0.05) is 31.5 Å². The number of aromatic nitrogens is 3. The van der Waals surface area contributed by atoms with Crippen LogP contribution in [0.15, 0.2) is 36.4 Å². The van der Waals surface area contributed by atoms with Gasteiger partial charge in [0.05, 0.1) is 0 Å². The Hall–Kier alpha value is -3.19. The van der Waals surface area contributed by atoms with E-state index in [0.717, 1.165) is 60.6 Å². The minimum absolute atomic E-state index is 0.121. The van der Waals surface area contributed by atoms with Gasteiger partial charge in [-0.05, 0) is 78.8 Å². The smallest absolute Gasteiger partial charge is 0.254 e. The van der Waals surface area contributed by atoms with Crippen molar-refractivity contribution in [3.05, 3.63) is 64.5 Å². The molecule has 35 heavy (non-hydrogen) atoms. The zero-order chi connectivity index (χ0) is 24.4. The molecule has 0 radical (unpaired) electrons. The molecule has 1 aliphatic heterocycles. The fourth-order valence-electron chi connectivity index (χ4n) is 5.39. The molecule has 1 saturated carbocycles. The van der Waals surface area contributed by atoms with E-state index in [2.05, 4.69) is 46.4 Å². The van der Waals surface area contributed by atoms with E-state index in [9.17, 15) is 4.79 Å². The number of benzene rings is 2. The average Bonchev–Trinajstić information content (AvgIpc) is 3.31. The number of rotatable bonds is 7. The van der Waals surface area contributed by atoms with Gasteiger partial charge in [-0.3, -0.25) is 4.79 Å². The van der Waals surface area contributed by atoms with Crippen LogP contribution in [0.4, 0.5) is 5.69 Å². The van der Waals surface area contributed by atoms with Crippen molar-refractivity contribution in [3.8, 4) is 11.4 Å². The zero-order valence-electron chi connectivity index (χ0n) is 20.7. The Morgan fingerprint density at radius 3 is 2.46 bits per heavy atom. The first-order valence-electron chi connectivity index (χ1n) is 12.8. The molecule has 3 aromatic rings. The third-order valence-electron chi connectivity index (χ3n) is 7.69. The third-order valence-corrected chi connectivity index (χ3v) is 7.69. The summed E-state index contributed by atoms with van der Waals surface area (Å²) in [5, 5.41) is 8.65. The maximum absolute atomic E-state index is 13.8. The van der Waals surface area contributed by atoms with E-state index in [1.807, 2.05) is 17.0 Å². The number of nitrogens with zero attached hydrogens (tertiary/aromatic N) is 3. The number of anilines is 1. The Labute approximate surface area is 207 Å². The monoisotopic (exact) mass is 473 g/mol. The van der Waals surface area contributed by atoms with Gasteiger partial charge in [-0.15, -0.1) is 10.2 Å². The van der Waals surface area contributed by atoms with Gasteiger partial charge in [-0.25, -0.2) is 0 Å². The summed E-state index contributed by atoms with van der Waals surface area (Å²) in [6.07, 6.45) is 6.37. The van der Waals surface area contributed by atoms with Crippen LogP contribution in [0, 0.1) is 0 Å². The van der Waals surface area contributed by atoms with Crippen molar-refractivity contribution in [1.29, 1.82) is 0 Å². The number of hydrogen-bond donors (Lipinski definition) is 2.